The van der Waals surface area contributed by atoms with E-state index >= 15 is 0 Å². The zero-order valence-corrected chi connectivity index (χ0v) is 5.23. The molecule has 44 valence electrons. The predicted molar refractivity (Wildman–Crippen MR) is 32.5 cm³/mol. The molecule has 1 rings (SSSR count). The second kappa shape index (κ2) is 2.05. The first kappa shape index (κ1) is 5.44. The van der Waals surface area contributed by atoms with Crippen molar-refractivity contribution in [2.45, 2.75) is 0 Å². The number of ether oxygens (including phenoxy) is 1. The maximum atomic E-state index is 8.72. The van der Waals surface area contributed by atoms with Gasteiger partial charge in [0.2, 0.25) is 0 Å². The second-order valence-electron chi connectivity index (χ2n) is 1.30. The van der Waals surface area contributed by atoms with Crippen LogP contribution in [0.3, 0.4) is 0 Å². The molecule has 0 unspecified atom stereocenters. The van der Waals surface area contributed by atoms with Crippen molar-refractivity contribution in [2.24, 2.45) is 0 Å². The van der Waals surface area contributed by atoms with Gasteiger partial charge < -0.3 is 9.84 Å². The van der Waals surface area contributed by atoms with E-state index in [0.29, 0.717) is 5.06 Å². The molecule has 0 saturated carbocycles. The van der Waals surface area contributed by atoms with Gasteiger partial charge in [-0.1, -0.05) is 11.3 Å². The van der Waals surface area contributed by atoms with Crippen LogP contribution in [0, 0.1) is 0 Å². The summed E-state index contributed by atoms with van der Waals surface area (Å²) in [4.78, 5) is 0. The summed E-state index contributed by atoms with van der Waals surface area (Å²) in [5, 5.41) is 9.75. The van der Waals surface area contributed by atoms with Gasteiger partial charge in [0.1, 0.15) is 0 Å². The first-order valence-corrected chi connectivity index (χ1v) is 2.97. The summed E-state index contributed by atoms with van der Waals surface area (Å²) in [6.07, 6.45) is 0. The maximum absolute atomic E-state index is 8.72. The molecule has 2 nitrogen and oxygen atoms in total. The molecule has 0 aliphatic heterocycles. The molecule has 0 amide bonds. The van der Waals surface area contributed by atoms with E-state index < -0.39 is 0 Å². The number of rotatable bonds is 1. The lowest BCUT2D eigenvalue weighted by atomic mass is 10.6. The molecule has 0 spiro atoms. The molecule has 3 heteroatoms. The Balaban J connectivity index is 2.84. The molecule has 8 heavy (non-hydrogen) atoms. The van der Waals surface area contributed by atoms with E-state index in [4.69, 9.17) is 9.84 Å². The molecule has 0 atom stereocenters. The molecule has 1 heterocycles. The fourth-order valence-corrected chi connectivity index (χ4v) is 0.982. The van der Waals surface area contributed by atoms with Crippen LogP contribution in [0.2, 0.25) is 0 Å². The lowest BCUT2D eigenvalue weighted by molar-refractivity contribution is 0.427. The van der Waals surface area contributed by atoms with Crippen molar-refractivity contribution < 1.29 is 9.84 Å². The molecule has 0 bridgehead atoms. The van der Waals surface area contributed by atoms with Crippen molar-refractivity contribution in [1.29, 1.82) is 0 Å². The van der Waals surface area contributed by atoms with E-state index in [1.807, 2.05) is 0 Å². The minimum atomic E-state index is 0.293. The van der Waals surface area contributed by atoms with E-state index in [2.05, 4.69) is 0 Å². The molecule has 0 aliphatic rings. The quantitative estimate of drug-likeness (QED) is 0.623. The van der Waals surface area contributed by atoms with E-state index in [-0.39, 0.29) is 0 Å². The molecule has 0 aromatic carbocycles. The standard InChI is InChI=1S/C5H6O2S/c1-7-5-3-2-4(6)8-5/h2-3,6H,1H3. The van der Waals surface area contributed by atoms with Crippen LogP contribution in [-0.2, 0) is 0 Å². The third kappa shape index (κ3) is 0.924. The zero-order chi connectivity index (χ0) is 5.98. The lowest BCUT2D eigenvalue weighted by Crippen LogP contribution is -1.73. The normalized spacial score (nSPS) is 9.12. The maximum Gasteiger partial charge on any atom is 0.176 e. The summed E-state index contributed by atoms with van der Waals surface area (Å²) in [7, 11) is 1.57. The fourth-order valence-electron chi connectivity index (χ4n) is 0.420. The van der Waals surface area contributed by atoms with Crippen LogP contribution in [0.15, 0.2) is 12.1 Å². The van der Waals surface area contributed by atoms with E-state index in [1.54, 1.807) is 19.2 Å². The van der Waals surface area contributed by atoms with E-state index in [1.165, 1.54) is 11.3 Å². The molecule has 1 aromatic rings. The highest BCUT2D eigenvalue weighted by atomic mass is 32.1. The number of hydrogen-bond donors (Lipinski definition) is 1. The molecule has 0 radical (unpaired) electrons. The molecular formula is C5H6O2S. The largest absolute Gasteiger partial charge is 0.499 e. The monoisotopic (exact) mass is 130 g/mol. The highest BCUT2D eigenvalue weighted by molar-refractivity contribution is 7.15. The second-order valence-corrected chi connectivity index (χ2v) is 2.32. The van der Waals surface area contributed by atoms with E-state index in [9.17, 15) is 0 Å². The average Bonchev–Trinajstić information content (AvgIpc) is 2.14. The average molecular weight is 130 g/mol. The van der Waals surface area contributed by atoms with Crippen molar-refractivity contribution in [3.63, 3.8) is 0 Å². The van der Waals surface area contributed by atoms with Crippen LogP contribution in [0.5, 0.6) is 10.1 Å². The Morgan fingerprint density at radius 2 is 2.38 bits per heavy atom. The van der Waals surface area contributed by atoms with Gasteiger partial charge in [0.25, 0.3) is 0 Å². The van der Waals surface area contributed by atoms with Crippen molar-refractivity contribution in [2.75, 3.05) is 7.11 Å². The Labute approximate surface area is 51.3 Å². The van der Waals surface area contributed by atoms with Crippen LogP contribution in [0.4, 0.5) is 0 Å². The van der Waals surface area contributed by atoms with Gasteiger partial charge in [-0.05, 0) is 12.1 Å². The molecule has 0 saturated heterocycles. The number of hydrogen-bond acceptors (Lipinski definition) is 3. The Hall–Kier alpha value is -0.700. The predicted octanol–water partition coefficient (Wildman–Crippen LogP) is 1.46. The van der Waals surface area contributed by atoms with Crippen molar-refractivity contribution in [3.8, 4) is 10.1 Å². The lowest BCUT2D eigenvalue weighted by Gasteiger charge is -1.86. The van der Waals surface area contributed by atoms with Crippen LogP contribution < -0.4 is 4.74 Å². The summed E-state index contributed by atoms with van der Waals surface area (Å²) in [5.41, 5.74) is 0. The summed E-state index contributed by atoms with van der Waals surface area (Å²) >= 11 is 1.22. The van der Waals surface area contributed by atoms with Gasteiger partial charge in [-0.3, -0.25) is 0 Å². The minimum absolute atomic E-state index is 0.293. The van der Waals surface area contributed by atoms with Crippen molar-refractivity contribution >= 4 is 11.3 Å². The Kier molecular flexibility index (Phi) is 1.39. The highest BCUT2D eigenvalue weighted by Gasteiger charge is 1.93. The van der Waals surface area contributed by atoms with Gasteiger partial charge in [-0.25, -0.2) is 0 Å². The van der Waals surface area contributed by atoms with Gasteiger partial charge in [0, 0.05) is 0 Å². The molecule has 0 aliphatic carbocycles. The fraction of sp³-hybridized carbons (Fsp3) is 0.200. The Morgan fingerprint density at radius 1 is 1.62 bits per heavy atom. The number of thiophene rings is 1. The molecule has 1 N–H and O–H groups in total. The van der Waals surface area contributed by atoms with Crippen LogP contribution in [0.1, 0.15) is 0 Å². The summed E-state index contributed by atoms with van der Waals surface area (Å²) in [5.74, 6) is 0. The Morgan fingerprint density at radius 3 is 2.62 bits per heavy atom. The van der Waals surface area contributed by atoms with Crippen molar-refractivity contribution in [1.82, 2.24) is 0 Å². The van der Waals surface area contributed by atoms with Crippen LogP contribution in [-0.4, -0.2) is 12.2 Å². The van der Waals surface area contributed by atoms with Gasteiger partial charge in [0.05, 0.1) is 7.11 Å². The number of aromatic hydroxyl groups is 1. The van der Waals surface area contributed by atoms with Crippen molar-refractivity contribution in [3.05, 3.63) is 12.1 Å². The SMILES string of the molecule is COc1ccc(O)s1. The van der Waals surface area contributed by atoms with Gasteiger partial charge in [-0.2, -0.15) is 0 Å². The van der Waals surface area contributed by atoms with Gasteiger partial charge >= 0.3 is 0 Å². The van der Waals surface area contributed by atoms with E-state index in [0.717, 1.165) is 5.06 Å². The smallest absolute Gasteiger partial charge is 0.176 e. The van der Waals surface area contributed by atoms with Crippen LogP contribution >= 0.6 is 11.3 Å². The minimum Gasteiger partial charge on any atom is -0.499 e. The zero-order valence-electron chi connectivity index (χ0n) is 4.42. The van der Waals surface area contributed by atoms with Crippen LogP contribution in [0.25, 0.3) is 0 Å². The third-order valence-corrected chi connectivity index (χ3v) is 1.62. The third-order valence-electron chi connectivity index (χ3n) is 0.768. The first-order chi connectivity index (χ1) is 3.83. The molecule has 1 aromatic heterocycles. The summed E-state index contributed by atoms with van der Waals surface area (Å²) in [6.45, 7) is 0. The topological polar surface area (TPSA) is 29.5 Å². The van der Waals surface area contributed by atoms with Gasteiger partial charge in [-0.15, -0.1) is 0 Å². The highest BCUT2D eigenvalue weighted by Crippen LogP contribution is 2.28. The molecular weight excluding hydrogens is 124 g/mol. The number of methoxy groups -OCH3 is 1. The first-order valence-electron chi connectivity index (χ1n) is 2.15. The molecule has 0 fully saturated rings. The Bertz CT molecular complexity index is 171. The summed E-state index contributed by atoms with van der Waals surface area (Å²) < 4.78 is 4.79. The summed E-state index contributed by atoms with van der Waals surface area (Å²) in [6, 6.07) is 3.32. The van der Waals surface area contributed by atoms with Gasteiger partial charge in [0.15, 0.2) is 10.1 Å².